The predicted octanol–water partition coefficient (Wildman–Crippen LogP) is 1.42. The number of anilines is 3. The smallest absolute Gasteiger partial charge is 0.267 e. The lowest BCUT2D eigenvalue weighted by Gasteiger charge is -2.45. The Hall–Kier alpha value is -2.70. The molecular formula is C21H25F2N7O3. The molecular weight excluding hydrogens is 436 g/mol. The van der Waals surface area contributed by atoms with Gasteiger partial charge in [-0.15, -0.1) is 0 Å². The van der Waals surface area contributed by atoms with E-state index in [1.807, 2.05) is 0 Å². The van der Waals surface area contributed by atoms with Crippen molar-refractivity contribution >= 4 is 17.7 Å². The van der Waals surface area contributed by atoms with Gasteiger partial charge in [-0.25, -0.2) is 13.8 Å². The van der Waals surface area contributed by atoms with Crippen LogP contribution in [0, 0.1) is 0 Å². The summed E-state index contributed by atoms with van der Waals surface area (Å²) in [6, 6.07) is 1.63. The van der Waals surface area contributed by atoms with E-state index in [9.17, 15) is 8.78 Å². The number of hydrogen-bond donors (Lipinski definition) is 1. The summed E-state index contributed by atoms with van der Waals surface area (Å²) < 4.78 is 44.2. The molecule has 4 saturated heterocycles. The first kappa shape index (κ1) is 20.9. The zero-order valence-corrected chi connectivity index (χ0v) is 17.9. The molecule has 4 aliphatic heterocycles. The molecule has 2 aromatic heterocycles. The number of halogens is 2. The highest BCUT2D eigenvalue weighted by atomic mass is 19.3. The minimum Gasteiger partial charge on any atom is -0.383 e. The average Bonchev–Trinajstić information content (AvgIpc) is 3.06. The van der Waals surface area contributed by atoms with Crippen LogP contribution in [0.15, 0.2) is 12.3 Å². The van der Waals surface area contributed by atoms with Gasteiger partial charge in [0.25, 0.3) is 6.43 Å². The SMILES string of the molecule is Nc1ncc(-c2nc(N3C4CCC3COC4)nc(N3C4COCC3COC4)n2)cc1C(F)F. The third-order valence-electron chi connectivity index (χ3n) is 6.78. The lowest BCUT2D eigenvalue weighted by atomic mass is 10.1. The van der Waals surface area contributed by atoms with E-state index >= 15 is 0 Å². The molecule has 4 aliphatic rings. The molecule has 6 heterocycles. The summed E-state index contributed by atoms with van der Waals surface area (Å²) in [6.45, 7) is 3.26. The molecule has 4 bridgehead atoms. The van der Waals surface area contributed by atoms with Gasteiger partial charge in [0, 0.05) is 11.8 Å². The zero-order valence-electron chi connectivity index (χ0n) is 17.9. The molecule has 0 aliphatic carbocycles. The number of nitrogens with zero attached hydrogens (tertiary/aromatic N) is 6. The van der Waals surface area contributed by atoms with Gasteiger partial charge < -0.3 is 29.7 Å². The third-order valence-corrected chi connectivity index (χ3v) is 6.78. The molecule has 2 atom stereocenters. The zero-order chi connectivity index (χ0) is 22.5. The second kappa shape index (κ2) is 8.26. The Kier molecular flexibility index (Phi) is 5.23. The highest BCUT2D eigenvalue weighted by Gasteiger charge is 2.41. The minimum absolute atomic E-state index is 0.0248. The summed E-state index contributed by atoms with van der Waals surface area (Å²) in [7, 11) is 0. The number of pyridine rings is 1. The van der Waals surface area contributed by atoms with Crippen molar-refractivity contribution in [1.29, 1.82) is 0 Å². The van der Waals surface area contributed by atoms with E-state index in [0.717, 1.165) is 12.8 Å². The van der Waals surface area contributed by atoms with Gasteiger partial charge in [-0.3, -0.25) is 0 Å². The van der Waals surface area contributed by atoms with Gasteiger partial charge >= 0.3 is 0 Å². The summed E-state index contributed by atoms with van der Waals surface area (Å²) in [6.07, 6.45) is 0.679. The van der Waals surface area contributed by atoms with Gasteiger partial charge in [-0.2, -0.15) is 15.0 Å². The molecule has 2 N–H and O–H groups in total. The Morgan fingerprint density at radius 1 is 0.818 bits per heavy atom. The first-order valence-electron chi connectivity index (χ1n) is 11.2. The fraction of sp³-hybridized carbons (Fsp3) is 0.619. The molecule has 6 rings (SSSR count). The van der Waals surface area contributed by atoms with Crippen LogP contribution >= 0.6 is 0 Å². The first-order valence-corrected chi connectivity index (χ1v) is 11.2. The van der Waals surface area contributed by atoms with E-state index in [4.69, 9.17) is 34.9 Å². The number of ether oxygens (including phenoxy) is 3. The summed E-state index contributed by atoms with van der Waals surface area (Å²) >= 11 is 0. The monoisotopic (exact) mass is 461 g/mol. The van der Waals surface area contributed by atoms with Crippen molar-refractivity contribution in [2.45, 2.75) is 43.4 Å². The minimum atomic E-state index is -2.75. The van der Waals surface area contributed by atoms with Crippen LogP contribution in [0.5, 0.6) is 0 Å². The fourth-order valence-electron chi connectivity index (χ4n) is 5.18. The third kappa shape index (κ3) is 3.65. The molecule has 4 fully saturated rings. The standard InChI is InChI=1S/C21H25F2N7O3/c22-17(23)16-3-11(4-25-18(16)24)19-26-20(29-12-1-2-13(29)6-31-5-12)28-21(27-19)30-14-7-32-9-15(30)10-33-8-14/h3-4,12-15,17H,1-2,5-10H2,(H2,24,25). The molecule has 0 radical (unpaired) electrons. The van der Waals surface area contributed by atoms with Crippen molar-refractivity contribution in [1.82, 2.24) is 19.9 Å². The predicted molar refractivity (Wildman–Crippen MR) is 114 cm³/mol. The van der Waals surface area contributed by atoms with Gasteiger partial charge in [0.2, 0.25) is 11.9 Å². The number of fused-ring (bicyclic) bond motifs is 4. The van der Waals surface area contributed by atoms with Crippen LogP contribution in [0.1, 0.15) is 24.8 Å². The van der Waals surface area contributed by atoms with Crippen molar-refractivity contribution in [3.05, 3.63) is 17.8 Å². The summed E-state index contributed by atoms with van der Waals surface area (Å²) in [5.74, 6) is 1.12. The maximum absolute atomic E-state index is 13.5. The number of alkyl halides is 2. The largest absolute Gasteiger partial charge is 0.383 e. The molecule has 2 unspecified atom stereocenters. The Labute approximate surface area is 189 Å². The lowest BCUT2D eigenvalue weighted by Crippen LogP contribution is -2.60. The van der Waals surface area contributed by atoms with Crippen molar-refractivity contribution < 1.29 is 23.0 Å². The highest BCUT2D eigenvalue weighted by molar-refractivity contribution is 5.62. The maximum atomic E-state index is 13.5. The highest BCUT2D eigenvalue weighted by Crippen LogP contribution is 2.35. The lowest BCUT2D eigenvalue weighted by molar-refractivity contribution is -0.0355. The van der Waals surface area contributed by atoms with Gasteiger partial charge in [0.1, 0.15) is 5.82 Å². The number of aromatic nitrogens is 4. The van der Waals surface area contributed by atoms with E-state index in [1.54, 1.807) is 0 Å². The maximum Gasteiger partial charge on any atom is 0.267 e. The molecule has 176 valence electrons. The molecule has 0 amide bonds. The van der Waals surface area contributed by atoms with Gasteiger partial charge in [0.15, 0.2) is 5.82 Å². The van der Waals surface area contributed by atoms with Crippen LogP contribution < -0.4 is 15.5 Å². The molecule has 2 aromatic rings. The van der Waals surface area contributed by atoms with Crippen molar-refractivity contribution in [3.63, 3.8) is 0 Å². The van der Waals surface area contributed by atoms with Gasteiger partial charge in [0.05, 0.1) is 69.4 Å². The van der Waals surface area contributed by atoms with E-state index in [2.05, 4.69) is 14.8 Å². The first-order chi connectivity index (χ1) is 16.1. The van der Waals surface area contributed by atoms with Crippen LogP contribution in [0.3, 0.4) is 0 Å². The fourth-order valence-corrected chi connectivity index (χ4v) is 5.18. The quantitative estimate of drug-likeness (QED) is 0.718. The Balaban J connectivity index is 1.47. The van der Waals surface area contributed by atoms with E-state index in [1.165, 1.54) is 12.3 Å². The molecule has 0 aromatic carbocycles. The van der Waals surface area contributed by atoms with Gasteiger partial charge in [-0.1, -0.05) is 0 Å². The van der Waals surface area contributed by atoms with Crippen LogP contribution in [-0.2, 0) is 14.2 Å². The van der Waals surface area contributed by atoms with Crippen LogP contribution in [0.4, 0.5) is 26.5 Å². The molecule has 12 heteroatoms. The molecule has 10 nitrogen and oxygen atoms in total. The van der Waals surface area contributed by atoms with Crippen molar-refractivity contribution in [2.75, 3.05) is 55.2 Å². The molecule has 33 heavy (non-hydrogen) atoms. The molecule has 0 spiro atoms. The Morgan fingerprint density at radius 3 is 1.88 bits per heavy atom. The topological polar surface area (TPSA) is 112 Å². The normalized spacial score (nSPS) is 29.1. The van der Waals surface area contributed by atoms with Crippen molar-refractivity contribution in [3.8, 4) is 11.4 Å². The van der Waals surface area contributed by atoms with E-state index in [0.29, 0.717) is 62.9 Å². The number of morpholine rings is 3. The summed E-state index contributed by atoms with van der Waals surface area (Å²) in [5, 5.41) is 0. The average molecular weight is 461 g/mol. The number of nitrogen functional groups attached to an aromatic ring is 1. The van der Waals surface area contributed by atoms with E-state index in [-0.39, 0.29) is 35.5 Å². The van der Waals surface area contributed by atoms with Crippen LogP contribution in [-0.4, -0.2) is 83.7 Å². The Morgan fingerprint density at radius 2 is 1.33 bits per heavy atom. The summed E-state index contributed by atoms with van der Waals surface area (Å²) in [5.41, 5.74) is 5.71. The summed E-state index contributed by atoms with van der Waals surface area (Å²) in [4.78, 5) is 22.6. The van der Waals surface area contributed by atoms with Crippen LogP contribution in [0.2, 0.25) is 0 Å². The molecule has 0 saturated carbocycles. The number of rotatable bonds is 4. The second-order valence-corrected chi connectivity index (χ2v) is 8.88. The van der Waals surface area contributed by atoms with Crippen LogP contribution in [0.25, 0.3) is 11.4 Å². The van der Waals surface area contributed by atoms with E-state index < -0.39 is 6.43 Å². The Bertz CT molecular complexity index is 1010. The second-order valence-electron chi connectivity index (χ2n) is 8.88. The van der Waals surface area contributed by atoms with Crippen molar-refractivity contribution in [2.24, 2.45) is 0 Å². The number of hydrogen-bond acceptors (Lipinski definition) is 10. The number of nitrogens with two attached hydrogens (primary N) is 1. The van der Waals surface area contributed by atoms with Gasteiger partial charge in [-0.05, 0) is 18.9 Å².